The second-order valence-corrected chi connectivity index (χ2v) is 6.93. The number of anilines is 2. The number of carbonyl (C=O) groups excluding carboxylic acids is 2. The normalized spacial score (nSPS) is 16.4. The molecule has 3 rings (SSSR count). The third-order valence-electron chi connectivity index (χ3n) is 4.81. The number of nitrogens with zero attached hydrogens (tertiary/aromatic N) is 3. The molecule has 0 spiro atoms. The Morgan fingerprint density at radius 2 is 2.04 bits per heavy atom. The number of benzene rings is 1. The lowest BCUT2D eigenvalue weighted by Gasteiger charge is -2.22. The summed E-state index contributed by atoms with van der Waals surface area (Å²) in [5.74, 6) is 0.988. The monoisotopic (exact) mass is 382 g/mol. The number of hydrogen-bond donors (Lipinski definition) is 1. The van der Waals surface area contributed by atoms with Crippen molar-refractivity contribution in [1.29, 1.82) is 0 Å². The van der Waals surface area contributed by atoms with E-state index in [0.717, 1.165) is 29.8 Å². The Morgan fingerprint density at radius 1 is 1.29 bits per heavy atom. The first-order valence-electron chi connectivity index (χ1n) is 9.46. The molecule has 1 atom stereocenters. The molecule has 1 aromatic heterocycles. The minimum atomic E-state index is -0.246. The van der Waals surface area contributed by atoms with E-state index < -0.39 is 0 Å². The van der Waals surface area contributed by atoms with Gasteiger partial charge >= 0.3 is 6.03 Å². The Morgan fingerprint density at radius 3 is 2.68 bits per heavy atom. The maximum absolute atomic E-state index is 13.0. The molecule has 7 nitrogen and oxygen atoms in total. The molecule has 7 heteroatoms. The highest BCUT2D eigenvalue weighted by Crippen LogP contribution is 2.27. The molecule has 2 aromatic rings. The Bertz CT molecular complexity index is 838. The van der Waals surface area contributed by atoms with Crippen LogP contribution in [-0.2, 0) is 4.79 Å². The molecule has 1 aliphatic rings. The fourth-order valence-corrected chi connectivity index (χ4v) is 3.40. The van der Waals surface area contributed by atoms with Gasteiger partial charge in [0.1, 0.15) is 18.1 Å². The number of pyridine rings is 1. The van der Waals surface area contributed by atoms with Crippen LogP contribution in [0.5, 0.6) is 5.75 Å². The van der Waals surface area contributed by atoms with Gasteiger partial charge in [0.25, 0.3) is 0 Å². The molecule has 0 aliphatic carbocycles. The molecule has 1 saturated heterocycles. The fourth-order valence-electron chi connectivity index (χ4n) is 3.40. The minimum absolute atomic E-state index is 0.00387. The Hall–Kier alpha value is -3.09. The van der Waals surface area contributed by atoms with Crippen molar-refractivity contribution in [2.45, 2.75) is 32.7 Å². The van der Waals surface area contributed by atoms with Gasteiger partial charge in [0, 0.05) is 18.4 Å². The van der Waals surface area contributed by atoms with Gasteiger partial charge < -0.3 is 15.0 Å². The predicted molar refractivity (Wildman–Crippen MR) is 109 cm³/mol. The van der Waals surface area contributed by atoms with Crippen molar-refractivity contribution in [3.05, 3.63) is 48.2 Å². The zero-order valence-corrected chi connectivity index (χ0v) is 16.5. The van der Waals surface area contributed by atoms with Crippen LogP contribution in [0.15, 0.2) is 42.6 Å². The number of urea groups is 1. The number of nitrogens with one attached hydrogen (secondary N) is 1. The maximum Gasteiger partial charge on any atom is 0.325 e. The summed E-state index contributed by atoms with van der Waals surface area (Å²) < 4.78 is 5.18. The summed E-state index contributed by atoms with van der Waals surface area (Å²) in [7, 11) is 1.61. The molecular formula is C21H26N4O3. The van der Waals surface area contributed by atoms with Crippen LogP contribution in [0.2, 0.25) is 0 Å². The molecule has 148 valence electrons. The number of methoxy groups -OCH3 is 1. The number of rotatable bonds is 7. The zero-order chi connectivity index (χ0) is 20.1. The van der Waals surface area contributed by atoms with Gasteiger partial charge in [0.05, 0.1) is 13.2 Å². The SMILES string of the molecule is CCC[C@H]1CN(c2ccc(OC)cc2)C(=O)N1CC(=O)Nc1cc(C)ccn1. The number of aromatic nitrogens is 1. The third kappa shape index (κ3) is 4.42. The van der Waals surface area contributed by atoms with E-state index in [0.29, 0.717) is 12.4 Å². The summed E-state index contributed by atoms with van der Waals surface area (Å²) in [6.45, 7) is 4.58. The zero-order valence-electron chi connectivity index (χ0n) is 16.5. The molecule has 0 bridgehead atoms. The second-order valence-electron chi connectivity index (χ2n) is 6.93. The minimum Gasteiger partial charge on any atom is -0.497 e. The van der Waals surface area contributed by atoms with E-state index in [2.05, 4.69) is 17.2 Å². The topological polar surface area (TPSA) is 74.8 Å². The molecule has 2 heterocycles. The van der Waals surface area contributed by atoms with Gasteiger partial charge in [-0.15, -0.1) is 0 Å². The molecule has 1 aliphatic heterocycles. The molecule has 0 radical (unpaired) electrons. The summed E-state index contributed by atoms with van der Waals surface area (Å²) in [4.78, 5) is 33.1. The van der Waals surface area contributed by atoms with E-state index in [4.69, 9.17) is 4.74 Å². The van der Waals surface area contributed by atoms with Crippen molar-refractivity contribution in [3.8, 4) is 5.75 Å². The van der Waals surface area contributed by atoms with Crippen LogP contribution in [-0.4, -0.2) is 48.1 Å². The van der Waals surface area contributed by atoms with Crippen molar-refractivity contribution in [2.75, 3.05) is 30.4 Å². The molecule has 1 fully saturated rings. The maximum atomic E-state index is 13.0. The Balaban J connectivity index is 1.72. The first-order valence-corrected chi connectivity index (χ1v) is 9.46. The standard InChI is InChI=1S/C21H26N4O3/c1-4-5-17-13-24(16-6-8-18(28-3)9-7-16)21(27)25(17)14-20(26)23-19-12-15(2)10-11-22-19/h6-12,17H,4-5,13-14H2,1-3H3,(H,22,23,26)/t17-/m0/s1. The smallest absolute Gasteiger partial charge is 0.325 e. The highest BCUT2D eigenvalue weighted by atomic mass is 16.5. The molecule has 28 heavy (non-hydrogen) atoms. The average Bonchev–Trinajstić information content (AvgIpc) is 2.98. The van der Waals surface area contributed by atoms with Crippen LogP contribution in [0.3, 0.4) is 0 Å². The molecule has 1 N–H and O–H groups in total. The van der Waals surface area contributed by atoms with Gasteiger partial charge in [0.15, 0.2) is 0 Å². The lowest BCUT2D eigenvalue weighted by molar-refractivity contribution is -0.117. The summed E-state index contributed by atoms with van der Waals surface area (Å²) in [5, 5.41) is 2.78. The molecule has 3 amide bonds. The van der Waals surface area contributed by atoms with Gasteiger partial charge in [-0.05, 0) is 55.3 Å². The average molecular weight is 382 g/mol. The lowest BCUT2D eigenvalue weighted by Crippen LogP contribution is -2.41. The second kappa shape index (κ2) is 8.73. The van der Waals surface area contributed by atoms with E-state index in [9.17, 15) is 9.59 Å². The highest BCUT2D eigenvalue weighted by Gasteiger charge is 2.38. The number of hydrogen-bond acceptors (Lipinski definition) is 4. The van der Waals surface area contributed by atoms with Crippen LogP contribution in [0, 0.1) is 6.92 Å². The van der Waals surface area contributed by atoms with E-state index in [1.165, 1.54) is 0 Å². The molecular weight excluding hydrogens is 356 g/mol. The van der Waals surface area contributed by atoms with Gasteiger partial charge in [-0.2, -0.15) is 0 Å². The number of ether oxygens (including phenoxy) is 1. The van der Waals surface area contributed by atoms with Crippen LogP contribution < -0.4 is 15.0 Å². The molecule has 0 saturated carbocycles. The highest BCUT2D eigenvalue weighted by molar-refractivity contribution is 5.99. The lowest BCUT2D eigenvalue weighted by atomic mass is 10.1. The Kier molecular flexibility index (Phi) is 6.13. The number of aryl methyl sites for hydroxylation is 1. The van der Waals surface area contributed by atoms with Gasteiger partial charge in [0.2, 0.25) is 5.91 Å². The first kappa shape index (κ1) is 19.7. The van der Waals surface area contributed by atoms with Crippen molar-refractivity contribution < 1.29 is 14.3 Å². The van der Waals surface area contributed by atoms with E-state index in [1.54, 1.807) is 29.2 Å². The van der Waals surface area contributed by atoms with Crippen LogP contribution >= 0.6 is 0 Å². The van der Waals surface area contributed by atoms with E-state index in [1.807, 2.05) is 37.3 Å². The Labute approximate surface area is 165 Å². The molecule has 1 aromatic carbocycles. The fraction of sp³-hybridized carbons (Fsp3) is 0.381. The van der Waals surface area contributed by atoms with Crippen LogP contribution in [0.4, 0.5) is 16.3 Å². The first-order chi connectivity index (χ1) is 13.5. The van der Waals surface area contributed by atoms with Crippen LogP contribution in [0.25, 0.3) is 0 Å². The van der Waals surface area contributed by atoms with Gasteiger partial charge in [-0.25, -0.2) is 9.78 Å². The van der Waals surface area contributed by atoms with E-state index in [-0.39, 0.29) is 24.5 Å². The van der Waals surface area contributed by atoms with E-state index >= 15 is 0 Å². The summed E-state index contributed by atoms with van der Waals surface area (Å²) in [5.41, 5.74) is 1.81. The quantitative estimate of drug-likeness (QED) is 0.796. The van der Waals surface area contributed by atoms with Crippen molar-refractivity contribution in [1.82, 2.24) is 9.88 Å². The number of carbonyl (C=O) groups is 2. The van der Waals surface area contributed by atoms with Crippen molar-refractivity contribution in [2.24, 2.45) is 0 Å². The summed E-state index contributed by atoms with van der Waals surface area (Å²) in [6, 6.07) is 10.9. The van der Waals surface area contributed by atoms with Crippen LogP contribution in [0.1, 0.15) is 25.3 Å². The van der Waals surface area contributed by atoms with Crippen molar-refractivity contribution in [3.63, 3.8) is 0 Å². The number of amides is 3. The third-order valence-corrected chi connectivity index (χ3v) is 4.81. The summed E-state index contributed by atoms with van der Waals surface area (Å²) in [6.07, 6.45) is 3.43. The van der Waals surface area contributed by atoms with Gasteiger partial charge in [-0.1, -0.05) is 13.3 Å². The molecule has 0 unspecified atom stereocenters. The summed E-state index contributed by atoms with van der Waals surface area (Å²) >= 11 is 0. The van der Waals surface area contributed by atoms with Gasteiger partial charge in [-0.3, -0.25) is 9.69 Å². The van der Waals surface area contributed by atoms with Crippen molar-refractivity contribution >= 4 is 23.4 Å². The predicted octanol–water partition coefficient (Wildman–Crippen LogP) is 3.45. The largest absolute Gasteiger partial charge is 0.497 e.